The highest BCUT2D eigenvalue weighted by atomic mass is 16.7. The first-order valence-electron chi connectivity index (χ1n) is 5.59. The van der Waals surface area contributed by atoms with Crippen LogP contribution in [0.2, 0.25) is 0 Å². The summed E-state index contributed by atoms with van der Waals surface area (Å²) in [5.74, 6) is -0.458. The van der Waals surface area contributed by atoms with Gasteiger partial charge >= 0.3 is 0 Å². The van der Waals surface area contributed by atoms with Crippen LogP contribution < -0.4 is 0 Å². The predicted octanol–water partition coefficient (Wildman–Crippen LogP) is 2.35. The molecule has 1 aliphatic heterocycles. The van der Waals surface area contributed by atoms with Crippen LogP contribution >= 0.6 is 0 Å². The molecule has 1 aromatic carbocycles. The van der Waals surface area contributed by atoms with E-state index in [2.05, 4.69) is 12.1 Å². The van der Waals surface area contributed by atoms with Crippen LogP contribution in [-0.2, 0) is 20.8 Å². The minimum Gasteiger partial charge on any atom is -0.374 e. The van der Waals surface area contributed by atoms with Crippen LogP contribution in [0, 0.1) is 0 Å². The molecule has 0 aromatic heterocycles. The second-order valence-electron chi connectivity index (χ2n) is 4.45. The van der Waals surface area contributed by atoms with Crippen LogP contribution in [0.1, 0.15) is 19.4 Å². The van der Waals surface area contributed by atoms with E-state index in [9.17, 15) is 0 Å². The lowest BCUT2D eigenvalue weighted by Gasteiger charge is -2.17. The van der Waals surface area contributed by atoms with E-state index in [0.29, 0.717) is 19.8 Å². The first kappa shape index (κ1) is 11.6. The van der Waals surface area contributed by atoms with Gasteiger partial charge in [0.25, 0.3) is 0 Å². The van der Waals surface area contributed by atoms with Gasteiger partial charge in [-0.15, -0.1) is 0 Å². The van der Waals surface area contributed by atoms with Crippen LogP contribution in [0.4, 0.5) is 0 Å². The molecule has 0 saturated carbocycles. The van der Waals surface area contributed by atoms with Gasteiger partial charge in [-0.05, 0) is 19.4 Å². The van der Waals surface area contributed by atoms with Gasteiger partial charge in [0, 0.05) is 0 Å². The molecule has 2 rings (SSSR count). The van der Waals surface area contributed by atoms with E-state index in [4.69, 9.17) is 14.2 Å². The van der Waals surface area contributed by atoms with Gasteiger partial charge < -0.3 is 14.2 Å². The molecule has 16 heavy (non-hydrogen) atoms. The first-order chi connectivity index (χ1) is 7.66. The van der Waals surface area contributed by atoms with Gasteiger partial charge in [0.1, 0.15) is 6.10 Å². The molecule has 1 aliphatic rings. The van der Waals surface area contributed by atoms with Crippen molar-refractivity contribution in [2.75, 3.05) is 13.2 Å². The van der Waals surface area contributed by atoms with E-state index in [0.717, 1.165) is 0 Å². The van der Waals surface area contributed by atoms with E-state index in [1.54, 1.807) is 0 Å². The molecule has 3 heteroatoms. The summed E-state index contributed by atoms with van der Waals surface area (Å²) < 4.78 is 16.7. The molecule has 1 saturated heterocycles. The van der Waals surface area contributed by atoms with Crippen molar-refractivity contribution in [1.29, 1.82) is 0 Å². The van der Waals surface area contributed by atoms with Gasteiger partial charge in [0.05, 0.1) is 19.8 Å². The van der Waals surface area contributed by atoms with E-state index in [-0.39, 0.29) is 6.10 Å². The average Bonchev–Trinajstić information content (AvgIpc) is 2.60. The van der Waals surface area contributed by atoms with Crippen LogP contribution in [0.3, 0.4) is 0 Å². The summed E-state index contributed by atoms with van der Waals surface area (Å²) in [5, 5.41) is 0. The van der Waals surface area contributed by atoms with Gasteiger partial charge in [0.15, 0.2) is 5.79 Å². The zero-order chi connectivity index (χ0) is 11.4. The molecule has 0 spiro atoms. The zero-order valence-corrected chi connectivity index (χ0v) is 9.81. The second kappa shape index (κ2) is 4.95. The molecule has 1 atom stereocenters. The topological polar surface area (TPSA) is 27.7 Å². The molecule has 0 amide bonds. The van der Waals surface area contributed by atoms with Crippen molar-refractivity contribution in [3.63, 3.8) is 0 Å². The molecule has 0 radical (unpaired) electrons. The quantitative estimate of drug-likeness (QED) is 0.782. The monoisotopic (exact) mass is 222 g/mol. The predicted molar refractivity (Wildman–Crippen MR) is 61.0 cm³/mol. The summed E-state index contributed by atoms with van der Waals surface area (Å²) in [7, 11) is 0. The van der Waals surface area contributed by atoms with Crippen LogP contribution in [-0.4, -0.2) is 25.1 Å². The maximum Gasteiger partial charge on any atom is 0.163 e. The zero-order valence-electron chi connectivity index (χ0n) is 9.81. The van der Waals surface area contributed by atoms with Crippen LogP contribution in [0.5, 0.6) is 0 Å². The van der Waals surface area contributed by atoms with Crippen molar-refractivity contribution in [3.05, 3.63) is 35.9 Å². The Bertz CT molecular complexity index is 321. The van der Waals surface area contributed by atoms with Crippen LogP contribution in [0.15, 0.2) is 30.3 Å². The van der Waals surface area contributed by atoms with Gasteiger partial charge in [-0.3, -0.25) is 0 Å². The molecule has 0 unspecified atom stereocenters. The maximum atomic E-state index is 5.64. The highest BCUT2D eigenvalue weighted by molar-refractivity contribution is 5.13. The lowest BCUT2D eigenvalue weighted by Crippen LogP contribution is -2.23. The lowest BCUT2D eigenvalue weighted by atomic mass is 10.2. The molecule has 0 bridgehead atoms. The van der Waals surface area contributed by atoms with Crippen molar-refractivity contribution in [3.8, 4) is 0 Å². The molecule has 1 heterocycles. The van der Waals surface area contributed by atoms with Gasteiger partial charge in [-0.1, -0.05) is 30.3 Å². The number of benzene rings is 1. The minimum absolute atomic E-state index is 0.0544. The molecule has 1 aromatic rings. The summed E-state index contributed by atoms with van der Waals surface area (Å²) in [5.41, 5.74) is 1.18. The standard InChI is InChI=1S/C13H18O3/c1-13(2)15-10-12(16-13)9-14-8-11-6-4-3-5-7-11/h3-7,12H,8-10H2,1-2H3/t12-/m0/s1. The Morgan fingerprint density at radius 1 is 1.31 bits per heavy atom. The molecule has 3 nitrogen and oxygen atoms in total. The Labute approximate surface area is 96.3 Å². The van der Waals surface area contributed by atoms with Crippen LogP contribution in [0.25, 0.3) is 0 Å². The minimum atomic E-state index is -0.458. The third-order valence-electron chi connectivity index (χ3n) is 2.48. The largest absolute Gasteiger partial charge is 0.374 e. The van der Waals surface area contributed by atoms with Crippen molar-refractivity contribution < 1.29 is 14.2 Å². The Kier molecular flexibility index (Phi) is 3.59. The molecular formula is C13H18O3. The number of hydrogen-bond acceptors (Lipinski definition) is 3. The van der Waals surface area contributed by atoms with Crippen molar-refractivity contribution in [2.45, 2.75) is 32.3 Å². The highest BCUT2D eigenvalue weighted by Crippen LogP contribution is 2.22. The van der Waals surface area contributed by atoms with Gasteiger partial charge in [-0.25, -0.2) is 0 Å². The SMILES string of the molecule is CC1(C)OC[C@H](COCc2ccccc2)O1. The fraction of sp³-hybridized carbons (Fsp3) is 0.538. The summed E-state index contributed by atoms with van der Waals surface area (Å²) in [6.45, 7) is 5.66. The van der Waals surface area contributed by atoms with Gasteiger partial charge in [0.2, 0.25) is 0 Å². The molecule has 0 aliphatic carbocycles. The van der Waals surface area contributed by atoms with Crippen molar-refractivity contribution >= 4 is 0 Å². The summed E-state index contributed by atoms with van der Waals surface area (Å²) in [6.07, 6.45) is 0.0544. The molecule has 1 fully saturated rings. The van der Waals surface area contributed by atoms with Crippen molar-refractivity contribution in [1.82, 2.24) is 0 Å². The normalized spacial score (nSPS) is 23.5. The van der Waals surface area contributed by atoms with E-state index < -0.39 is 5.79 Å². The lowest BCUT2D eigenvalue weighted by molar-refractivity contribution is -0.145. The molecule has 0 N–H and O–H groups in total. The Hall–Kier alpha value is -0.900. The second-order valence-corrected chi connectivity index (χ2v) is 4.45. The van der Waals surface area contributed by atoms with E-state index >= 15 is 0 Å². The van der Waals surface area contributed by atoms with E-state index in [1.807, 2.05) is 32.0 Å². The smallest absolute Gasteiger partial charge is 0.163 e. The third-order valence-corrected chi connectivity index (χ3v) is 2.48. The van der Waals surface area contributed by atoms with Gasteiger partial charge in [-0.2, -0.15) is 0 Å². The average molecular weight is 222 g/mol. The Balaban J connectivity index is 1.70. The van der Waals surface area contributed by atoms with Crippen molar-refractivity contribution in [2.24, 2.45) is 0 Å². The molecule has 88 valence electrons. The molecular weight excluding hydrogens is 204 g/mol. The number of ether oxygens (including phenoxy) is 3. The number of hydrogen-bond donors (Lipinski definition) is 0. The Morgan fingerprint density at radius 2 is 2.06 bits per heavy atom. The first-order valence-corrected chi connectivity index (χ1v) is 5.59. The third kappa shape index (κ3) is 3.30. The summed E-state index contributed by atoms with van der Waals surface area (Å²) in [6, 6.07) is 10.1. The fourth-order valence-electron chi connectivity index (χ4n) is 1.73. The van der Waals surface area contributed by atoms with E-state index in [1.165, 1.54) is 5.56 Å². The summed E-state index contributed by atoms with van der Waals surface area (Å²) >= 11 is 0. The maximum absolute atomic E-state index is 5.64. The highest BCUT2D eigenvalue weighted by Gasteiger charge is 2.32. The Morgan fingerprint density at radius 3 is 2.69 bits per heavy atom. The summed E-state index contributed by atoms with van der Waals surface area (Å²) in [4.78, 5) is 0. The number of rotatable bonds is 4. The fourth-order valence-corrected chi connectivity index (χ4v) is 1.73.